The van der Waals surface area contributed by atoms with Gasteiger partial charge in [0, 0.05) is 24.7 Å². The fraction of sp³-hybridized carbons (Fsp3) is 0.286. The minimum Gasteiger partial charge on any atom is -0.337 e. The Kier molecular flexibility index (Phi) is 4.98. The normalized spacial score (nSPS) is 17.5. The Labute approximate surface area is 158 Å². The highest BCUT2D eigenvalue weighted by molar-refractivity contribution is 5.96. The molecule has 2 heterocycles. The van der Waals surface area contributed by atoms with E-state index in [-0.39, 0.29) is 11.9 Å². The first-order valence-electron chi connectivity index (χ1n) is 9.25. The fourth-order valence-electron chi connectivity index (χ4n) is 3.56. The molecule has 1 N–H and O–H groups in total. The van der Waals surface area contributed by atoms with Crippen molar-refractivity contribution in [2.75, 3.05) is 19.6 Å². The van der Waals surface area contributed by atoms with Crippen molar-refractivity contribution in [2.45, 2.75) is 19.4 Å². The van der Waals surface area contributed by atoms with Crippen molar-refractivity contribution in [1.82, 2.24) is 25.0 Å². The molecule has 1 amide bonds. The summed E-state index contributed by atoms with van der Waals surface area (Å²) >= 11 is 0. The van der Waals surface area contributed by atoms with Crippen molar-refractivity contribution in [1.29, 1.82) is 0 Å². The highest BCUT2D eigenvalue weighted by Gasteiger charge is 2.24. The van der Waals surface area contributed by atoms with Crippen LogP contribution in [0.5, 0.6) is 0 Å². The number of carbonyl (C=O) groups is 1. The zero-order valence-electron chi connectivity index (χ0n) is 15.4. The molecule has 138 valence electrons. The van der Waals surface area contributed by atoms with Crippen LogP contribution in [-0.4, -0.2) is 45.2 Å². The third-order valence-electron chi connectivity index (χ3n) is 5.01. The second-order valence-corrected chi connectivity index (χ2v) is 6.86. The molecule has 1 aromatic heterocycles. The molecule has 1 atom stereocenters. The molecular weight excluding hydrogens is 338 g/mol. The van der Waals surface area contributed by atoms with Gasteiger partial charge in [-0.05, 0) is 49.2 Å². The first kappa shape index (κ1) is 17.4. The summed E-state index contributed by atoms with van der Waals surface area (Å²) in [7, 11) is 0. The highest BCUT2D eigenvalue weighted by Crippen LogP contribution is 2.21. The van der Waals surface area contributed by atoms with Crippen molar-refractivity contribution in [3.05, 3.63) is 77.9 Å². The number of hydrogen-bond donors (Lipinski definition) is 1. The Hall–Kier alpha value is -2.99. The van der Waals surface area contributed by atoms with Crippen LogP contribution < -0.4 is 5.32 Å². The van der Waals surface area contributed by atoms with Crippen molar-refractivity contribution in [2.24, 2.45) is 0 Å². The fourth-order valence-corrected chi connectivity index (χ4v) is 3.56. The van der Waals surface area contributed by atoms with E-state index in [1.54, 1.807) is 11.0 Å². The van der Waals surface area contributed by atoms with E-state index in [0.717, 1.165) is 36.3 Å². The van der Waals surface area contributed by atoms with Gasteiger partial charge in [0.15, 0.2) is 0 Å². The number of benzene rings is 2. The number of carbonyl (C=O) groups excluding carboxylic acids is 1. The number of nitrogens with one attached hydrogen (secondary N) is 1. The molecule has 1 fully saturated rings. The average molecular weight is 361 g/mol. The zero-order chi connectivity index (χ0) is 18.6. The SMILES string of the molecule is Cc1cc(-n2cncn2)ccc1C(=O)N1CCCNC(c2ccccc2)C1. The van der Waals surface area contributed by atoms with Gasteiger partial charge in [0.1, 0.15) is 12.7 Å². The van der Waals surface area contributed by atoms with E-state index in [1.165, 1.54) is 11.9 Å². The van der Waals surface area contributed by atoms with Crippen LogP contribution in [0.3, 0.4) is 0 Å². The molecule has 2 aromatic carbocycles. The summed E-state index contributed by atoms with van der Waals surface area (Å²) < 4.78 is 1.70. The van der Waals surface area contributed by atoms with Crippen LogP contribution in [0.25, 0.3) is 5.69 Å². The van der Waals surface area contributed by atoms with Gasteiger partial charge in [-0.2, -0.15) is 5.10 Å². The summed E-state index contributed by atoms with van der Waals surface area (Å²) in [4.78, 5) is 19.2. The molecule has 1 aliphatic heterocycles. The lowest BCUT2D eigenvalue weighted by atomic mass is 10.0. The van der Waals surface area contributed by atoms with E-state index >= 15 is 0 Å². The Morgan fingerprint density at radius 2 is 2.04 bits per heavy atom. The number of amides is 1. The average Bonchev–Trinajstić information content (AvgIpc) is 3.13. The zero-order valence-corrected chi connectivity index (χ0v) is 15.4. The second kappa shape index (κ2) is 7.72. The predicted molar refractivity (Wildman–Crippen MR) is 104 cm³/mol. The maximum atomic E-state index is 13.2. The van der Waals surface area contributed by atoms with E-state index in [1.807, 2.05) is 48.2 Å². The lowest BCUT2D eigenvalue weighted by Gasteiger charge is -2.25. The first-order valence-corrected chi connectivity index (χ1v) is 9.25. The van der Waals surface area contributed by atoms with E-state index in [2.05, 4.69) is 27.5 Å². The van der Waals surface area contributed by atoms with Crippen LogP contribution >= 0.6 is 0 Å². The molecular formula is C21H23N5O. The Bertz CT molecular complexity index is 908. The summed E-state index contributed by atoms with van der Waals surface area (Å²) in [6.07, 6.45) is 4.11. The molecule has 0 aliphatic carbocycles. The molecule has 27 heavy (non-hydrogen) atoms. The molecule has 6 nitrogen and oxygen atoms in total. The van der Waals surface area contributed by atoms with Gasteiger partial charge in [-0.25, -0.2) is 9.67 Å². The number of rotatable bonds is 3. The van der Waals surface area contributed by atoms with E-state index < -0.39 is 0 Å². The van der Waals surface area contributed by atoms with Crippen molar-refractivity contribution in [3.8, 4) is 5.69 Å². The van der Waals surface area contributed by atoms with Gasteiger partial charge in [-0.3, -0.25) is 4.79 Å². The minimum atomic E-state index is 0.0854. The first-order chi connectivity index (χ1) is 13.2. The largest absolute Gasteiger partial charge is 0.337 e. The van der Waals surface area contributed by atoms with Crippen LogP contribution in [0.15, 0.2) is 61.2 Å². The van der Waals surface area contributed by atoms with Crippen LogP contribution in [0.1, 0.15) is 33.9 Å². The summed E-state index contributed by atoms with van der Waals surface area (Å²) in [6, 6.07) is 16.3. The topological polar surface area (TPSA) is 63.1 Å². The molecule has 1 aliphatic rings. The molecule has 0 bridgehead atoms. The van der Waals surface area contributed by atoms with Gasteiger partial charge in [0.25, 0.3) is 5.91 Å². The van der Waals surface area contributed by atoms with Crippen molar-refractivity contribution >= 4 is 5.91 Å². The third kappa shape index (κ3) is 3.75. The molecule has 0 spiro atoms. The number of hydrogen-bond acceptors (Lipinski definition) is 4. The predicted octanol–water partition coefficient (Wildman–Crippen LogP) is 2.75. The highest BCUT2D eigenvalue weighted by atomic mass is 16.2. The van der Waals surface area contributed by atoms with Crippen LogP contribution in [-0.2, 0) is 0 Å². The summed E-state index contributed by atoms with van der Waals surface area (Å²) in [6.45, 7) is 4.32. The standard InChI is InChI=1S/C21H23N5O/c1-16-12-18(26-15-22-14-24-26)8-9-19(16)21(27)25-11-5-10-23-20(13-25)17-6-3-2-4-7-17/h2-4,6-9,12,14-15,20,23H,5,10-11,13H2,1H3. The van der Waals surface area contributed by atoms with Gasteiger partial charge in [0.05, 0.1) is 5.69 Å². The summed E-state index contributed by atoms with van der Waals surface area (Å²) in [5, 5.41) is 7.71. The lowest BCUT2D eigenvalue weighted by molar-refractivity contribution is 0.0752. The molecule has 6 heteroatoms. The van der Waals surface area contributed by atoms with Gasteiger partial charge in [-0.1, -0.05) is 30.3 Å². The smallest absolute Gasteiger partial charge is 0.254 e. The van der Waals surface area contributed by atoms with Crippen molar-refractivity contribution < 1.29 is 4.79 Å². The number of aromatic nitrogens is 3. The molecule has 1 unspecified atom stereocenters. The van der Waals surface area contributed by atoms with Crippen LogP contribution in [0.4, 0.5) is 0 Å². The molecule has 1 saturated heterocycles. The maximum Gasteiger partial charge on any atom is 0.254 e. The Morgan fingerprint density at radius 1 is 1.19 bits per heavy atom. The maximum absolute atomic E-state index is 13.2. The molecule has 0 radical (unpaired) electrons. The Balaban J connectivity index is 1.56. The minimum absolute atomic E-state index is 0.0854. The van der Waals surface area contributed by atoms with E-state index in [9.17, 15) is 4.79 Å². The van der Waals surface area contributed by atoms with Gasteiger partial charge >= 0.3 is 0 Å². The van der Waals surface area contributed by atoms with Gasteiger partial charge in [0.2, 0.25) is 0 Å². The van der Waals surface area contributed by atoms with E-state index in [0.29, 0.717) is 6.54 Å². The lowest BCUT2D eigenvalue weighted by Crippen LogP contribution is -2.36. The summed E-state index contributed by atoms with van der Waals surface area (Å²) in [5.41, 5.74) is 3.81. The Morgan fingerprint density at radius 3 is 2.78 bits per heavy atom. The van der Waals surface area contributed by atoms with Gasteiger partial charge in [-0.15, -0.1) is 0 Å². The van der Waals surface area contributed by atoms with Crippen LogP contribution in [0, 0.1) is 6.92 Å². The summed E-state index contributed by atoms with van der Waals surface area (Å²) in [5.74, 6) is 0.0854. The second-order valence-electron chi connectivity index (χ2n) is 6.86. The number of aryl methyl sites for hydroxylation is 1. The van der Waals surface area contributed by atoms with Crippen molar-refractivity contribution in [3.63, 3.8) is 0 Å². The van der Waals surface area contributed by atoms with Gasteiger partial charge < -0.3 is 10.2 Å². The third-order valence-corrected chi connectivity index (χ3v) is 5.01. The molecule has 3 aromatic rings. The quantitative estimate of drug-likeness (QED) is 0.779. The molecule has 4 rings (SSSR count). The molecule has 0 saturated carbocycles. The van der Waals surface area contributed by atoms with Crippen LogP contribution in [0.2, 0.25) is 0 Å². The number of nitrogens with zero attached hydrogens (tertiary/aromatic N) is 4. The van der Waals surface area contributed by atoms with E-state index in [4.69, 9.17) is 0 Å². The monoisotopic (exact) mass is 361 g/mol.